The molecule has 1 heterocycles. The van der Waals surface area contributed by atoms with Gasteiger partial charge >= 0.3 is 12.1 Å². The van der Waals surface area contributed by atoms with E-state index < -0.39 is 23.9 Å². The Morgan fingerprint density at radius 1 is 1.25 bits per heavy atom. The number of alkyl halides is 3. The lowest BCUT2D eigenvalue weighted by Crippen LogP contribution is -2.22. The third kappa shape index (κ3) is 5.22. The highest BCUT2D eigenvalue weighted by Crippen LogP contribution is 2.31. The monoisotopic (exact) mass is 400 g/mol. The number of ether oxygens (including phenoxy) is 2. The molecule has 28 heavy (non-hydrogen) atoms. The first kappa shape index (κ1) is 21.2. The van der Waals surface area contributed by atoms with Crippen molar-refractivity contribution in [2.45, 2.75) is 19.1 Å². The van der Waals surface area contributed by atoms with Gasteiger partial charge in [0, 0.05) is 23.9 Å². The summed E-state index contributed by atoms with van der Waals surface area (Å²) in [5.41, 5.74) is -0.665. The summed E-state index contributed by atoms with van der Waals surface area (Å²) in [6.45, 7) is 1.25. The Bertz CT molecular complexity index is 846. The second-order valence-corrected chi connectivity index (χ2v) is 5.72. The number of hydrogen-bond acceptors (Lipinski definition) is 8. The summed E-state index contributed by atoms with van der Waals surface area (Å²) in [6, 6.07) is 4.50. The minimum Gasteiger partial charge on any atom is -0.496 e. The molecular weight excluding hydrogens is 381 g/mol. The summed E-state index contributed by atoms with van der Waals surface area (Å²) in [7, 11) is 2.56. The molecule has 0 amide bonds. The van der Waals surface area contributed by atoms with Crippen LogP contribution in [0.3, 0.4) is 0 Å². The summed E-state index contributed by atoms with van der Waals surface area (Å²) >= 11 is 0. The number of hydrogen-bond donors (Lipinski definition) is 3. The first-order valence-electron chi connectivity index (χ1n) is 8.05. The standard InChI is InChI=1S/C17H19F3N4O4/c1-9(8-25)21-16-23-13(17(18,19)20)7-14(24-16)22-10-4-5-11(15(26)28-3)12(6-10)27-2/h4-7,9,25H,8H2,1-3H3,(H2,21,22,23,24)/t9-/m1/s1. The molecule has 0 saturated carbocycles. The van der Waals surface area contributed by atoms with Crippen LogP contribution in [0.2, 0.25) is 0 Å². The second-order valence-electron chi connectivity index (χ2n) is 5.72. The summed E-state index contributed by atoms with van der Waals surface area (Å²) in [6.07, 6.45) is -4.69. The second kappa shape index (κ2) is 8.74. The van der Waals surface area contributed by atoms with Crippen molar-refractivity contribution < 1.29 is 32.5 Å². The molecule has 11 heteroatoms. The van der Waals surface area contributed by atoms with E-state index in [9.17, 15) is 18.0 Å². The van der Waals surface area contributed by atoms with Crippen LogP contribution in [-0.4, -0.2) is 47.9 Å². The number of aliphatic hydroxyl groups is 1. The predicted octanol–water partition coefficient (Wildman–Crippen LogP) is 2.83. The molecule has 8 nitrogen and oxygen atoms in total. The number of carbonyl (C=O) groups is 1. The Balaban J connectivity index is 2.39. The number of aromatic nitrogens is 2. The summed E-state index contributed by atoms with van der Waals surface area (Å²) in [4.78, 5) is 19.1. The molecule has 1 aromatic heterocycles. The van der Waals surface area contributed by atoms with E-state index >= 15 is 0 Å². The van der Waals surface area contributed by atoms with Crippen LogP contribution in [0, 0.1) is 0 Å². The number of carbonyl (C=O) groups excluding carboxylic acids is 1. The number of methoxy groups -OCH3 is 2. The largest absolute Gasteiger partial charge is 0.496 e. The van der Waals surface area contributed by atoms with Gasteiger partial charge in [0.05, 0.1) is 20.8 Å². The summed E-state index contributed by atoms with van der Waals surface area (Å²) < 4.78 is 49.2. The number of nitrogens with one attached hydrogen (secondary N) is 2. The van der Waals surface area contributed by atoms with Crippen LogP contribution in [0.4, 0.5) is 30.6 Å². The van der Waals surface area contributed by atoms with Gasteiger partial charge in [-0.1, -0.05) is 0 Å². The Kier molecular flexibility index (Phi) is 6.62. The molecule has 3 N–H and O–H groups in total. The number of nitrogens with zero attached hydrogens (tertiary/aromatic N) is 2. The van der Waals surface area contributed by atoms with Crippen LogP contribution in [0.25, 0.3) is 0 Å². The Morgan fingerprint density at radius 3 is 2.54 bits per heavy atom. The van der Waals surface area contributed by atoms with Crippen LogP contribution in [-0.2, 0) is 10.9 Å². The molecular formula is C17H19F3N4O4. The van der Waals surface area contributed by atoms with Crippen molar-refractivity contribution in [3.63, 3.8) is 0 Å². The van der Waals surface area contributed by atoms with E-state index in [1.54, 1.807) is 6.92 Å². The zero-order valence-corrected chi connectivity index (χ0v) is 15.3. The van der Waals surface area contributed by atoms with Gasteiger partial charge in [0.25, 0.3) is 0 Å². The van der Waals surface area contributed by atoms with E-state index in [4.69, 9.17) is 9.84 Å². The molecule has 2 aromatic rings. The molecule has 1 aromatic carbocycles. The van der Waals surface area contributed by atoms with Crippen LogP contribution in [0.1, 0.15) is 23.0 Å². The number of esters is 1. The number of rotatable bonds is 7. The van der Waals surface area contributed by atoms with Crippen molar-refractivity contribution in [1.82, 2.24) is 9.97 Å². The molecule has 0 aliphatic carbocycles. The summed E-state index contributed by atoms with van der Waals surface area (Å²) in [5, 5.41) is 14.4. The van der Waals surface area contributed by atoms with Gasteiger partial charge in [0.2, 0.25) is 5.95 Å². The van der Waals surface area contributed by atoms with Crippen molar-refractivity contribution >= 4 is 23.4 Å². The molecule has 0 unspecified atom stereocenters. The molecule has 0 fully saturated rings. The maximum atomic E-state index is 13.1. The van der Waals surface area contributed by atoms with Crippen LogP contribution >= 0.6 is 0 Å². The first-order valence-corrected chi connectivity index (χ1v) is 8.05. The van der Waals surface area contributed by atoms with E-state index in [0.29, 0.717) is 5.69 Å². The number of benzene rings is 1. The molecule has 0 radical (unpaired) electrons. The molecule has 0 bridgehead atoms. The van der Waals surface area contributed by atoms with Gasteiger partial charge in [0.15, 0.2) is 5.69 Å². The molecule has 0 saturated heterocycles. The SMILES string of the molecule is COC(=O)c1ccc(Nc2cc(C(F)(F)F)nc(N[C@H](C)CO)n2)cc1OC. The van der Waals surface area contributed by atoms with Gasteiger partial charge in [-0.3, -0.25) is 0 Å². The lowest BCUT2D eigenvalue weighted by Gasteiger charge is -2.15. The lowest BCUT2D eigenvalue weighted by molar-refractivity contribution is -0.141. The quantitative estimate of drug-likeness (QED) is 0.610. The fourth-order valence-electron chi connectivity index (χ4n) is 2.18. The third-order valence-corrected chi connectivity index (χ3v) is 3.55. The minimum atomic E-state index is -4.69. The highest BCUT2D eigenvalue weighted by molar-refractivity contribution is 5.93. The molecule has 152 valence electrons. The van der Waals surface area contributed by atoms with Gasteiger partial charge in [-0.05, 0) is 19.1 Å². The lowest BCUT2D eigenvalue weighted by atomic mass is 10.2. The number of anilines is 3. The average Bonchev–Trinajstić information content (AvgIpc) is 2.66. The maximum absolute atomic E-state index is 13.1. The Morgan fingerprint density at radius 2 is 1.96 bits per heavy atom. The van der Waals surface area contributed by atoms with Crippen LogP contribution < -0.4 is 15.4 Å². The van der Waals surface area contributed by atoms with Crippen molar-refractivity contribution in [2.75, 3.05) is 31.5 Å². The van der Waals surface area contributed by atoms with Gasteiger partial charge in [0.1, 0.15) is 17.1 Å². The minimum absolute atomic E-state index is 0.136. The van der Waals surface area contributed by atoms with E-state index in [1.165, 1.54) is 32.4 Å². The summed E-state index contributed by atoms with van der Waals surface area (Å²) in [5.74, 6) is -0.872. The highest BCUT2D eigenvalue weighted by Gasteiger charge is 2.34. The van der Waals surface area contributed by atoms with Crippen molar-refractivity contribution in [1.29, 1.82) is 0 Å². The van der Waals surface area contributed by atoms with Crippen LogP contribution in [0.15, 0.2) is 24.3 Å². The molecule has 2 rings (SSSR count). The fraction of sp³-hybridized carbons (Fsp3) is 0.353. The fourth-order valence-corrected chi connectivity index (χ4v) is 2.18. The topological polar surface area (TPSA) is 106 Å². The van der Waals surface area contributed by atoms with Crippen molar-refractivity contribution in [3.05, 3.63) is 35.5 Å². The highest BCUT2D eigenvalue weighted by atomic mass is 19.4. The van der Waals surface area contributed by atoms with Gasteiger partial charge in [-0.15, -0.1) is 0 Å². The first-order chi connectivity index (χ1) is 13.2. The molecule has 0 aliphatic heterocycles. The molecule has 0 aliphatic rings. The number of halogens is 3. The number of aliphatic hydroxyl groups excluding tert-OH is 1. The van der Waals surface area contributed by atoms with Crippen molar-refractivity contribution in [3.8, 4) is 5.75 Å². The van der Waals surface area contributed by atoms with E-state index in [0.717, 1.165) is 6.07 Å². The van der Waals surface area contributed by atoms with E-state index in [1.807, 2.05) is 0 Å². The van der Waals surface area contributed by atoms with Gasteiger partial charge in [-0.25, -0.2) is 9.78 Å². The van der Waals surface area contributed by atoms with Gasteiger partial charge in [-0.2, -0.15) is 18.2 Å². The molecule has 1 atom stereocenters. The predicted molar refractivity (Wildman–Crippen MR) is 94.8 cm³/mol. The molecule has 0 spiro atoms. The van der Waals surface area contributed by atoms with Crippen LogP contribution in [0.5, 0.6) is 5.75 Å². The third-order valence-electron chi connectivity index (χ3n) is 3.55. The normalized spacial score (nSPS) is 12.2. The smallest absolute Gasteiger partial charge is 0.433 e. The zero-order chi connectivity index (χ0) is 20.9. The van der Waals surface area contributed by atoms with Gasteiger partial charge < -0.3 is 25.2 Å². The van der Waals surface area contributed by atoms with E-state index in [2.05, 4.69) is 25.3 Å². The maximum Gasteiger partial charge on any atom is 0.433 e. The average molecular weight is 400 g/mol. The Labute approximate surface area is 158 Å². The zero-order valence-electron chi connectivity index (χ0n) is 15.3. The Hall–Kier alpha value is -3.08. The van der Waals surface area contributed by atoms with E-state index in [-0.39, 0.29) is 29.7 Å². The van der Waals surface area contributed by atoms with Crippen molar-refractivity contribution in [2.24, 2.45) is 0 Å².